The van der Waals surface area contributed by atoms with Gasteiger partial charge in [0.05, 0.1) is 13.0 Å². The third-order valence-electron chi connectivity index (χ3n) is 3.32. The van der Waals surface area contributed by atoms with E-state index < -0.39 is 0 Å². The highest BCUT2D eigenvalue weighted by Gasteiger charge is 2.13. The highest BCUT2D eigenvalue weighted by atomic mass is 16.5. The lowest BCUT2D eigenvalue weighted by Crippen LogP contribution is -2.14. The predicted octanol–water partition coefficient (Wildman–Crippen LogP) is 2.38. The number of carbonyl (C=O) groups excluding carboxylic acids is 1. The second-order valence-electron chi connectivity index (χ2n) is 4.89. The standard InChI is InChI=1S/C16H16N2O2/c17-13-3-1-11(2-4-13)9-16(19)18-14-5-6-15-12(10-14)7-8-20-15/h1-6,10H,7-9,17H2,(H,18,19). The molecule has 3 N–H and O–H groups in total. The van der Waals surface area contributed by atoms with Gasteiger partial charge in [-0.15, -0.1) is 0 Å². The second kappa shape index (κ2) is 5.25. The summed E-state index contributed by atoms with van der Waals surface area (Å²) in [4.78, 5) is 12.0. The first-order valence-corrected chi connectivity index (χ1v) is 6.61. The number of carbonyl (C=O) groups is 1. The first kappa shape index (κ1) is 12.5. The molecule has 4 nitrogen and oxygen atoms in total. The molecule has 0 aromatic heterocycles. The Morgan fingerprint density at radius 1 is 1.20 bits per heavy atom. The van der Waals surface area contributed by atoms with Gasteiger partial charge in [0, 0.05) is 17.8 Å². The number of anilines is 2. The van der Waals surface area contributed by atoms with Crippen molar-refractivity contribution >= 4 is 17.3 Å². The van der Waals surface area contributed by atoms with Gasteiger partial charge in [-0.3, -0.25) is 4.79 Å². The fraction of sp³-hybridized carbons (Fsp3) is 0.188. The molecule has 0 fully saturated rings. The van der Waals surface area contributed by atoms with Crippen molar-refractivity contribution in [2.45, 2.75) is 12.8 Å². The number of hydrogen-bond acceptors (Lipinski definition) is 3. The van der Waals surface area contributed by atoms with Crippen LogP contribution in [0.25, 0.3) is 0 Å². The van der Waals surface area contributed by atoms with E-state index in [2.05, 4.69) is 5.32 Å². The number of amides is 1. The molecule has 3 rings (SSSR count). The topological polar surface area (TPSA) is 64.4 Å². The minimum Gasteiger partial charge on any atom is -0.493 e. The summed E-state index contributed by atoms with van der Waals surface area (Å²) < 4.78 is 5.44. The number of fused-ring (bicyclic) bond motifs is 1. The molecule has 0 aliphatic carbocycles. The molecule has 4 heteroatoms. The van der Waals surface area contributed by atoms with Crippen LogP contribution in [-0.2, 0) is 17.6 Å². The van der Waals surface area contributed by atoms with Crippen LogP contribution in [0.3, 0.4) is 0 Å². The number of hydrogen-bond donors (Lipinski definition) is 2. The number of benzene rings is 2. The summed E-state index contributed by atoms with van der Waals surface area (Å²) in [5.41, 5.74) is 9.23. The second-order valence-corrected chi connectivity index (χ2v) is 4.89. The van der Waals surface area contributed by atoms with E-state index in [1.165, 1.54) is 0 Å². The van der Waals surface area contributed by atoms with Crippen LogP contribution in [-0.4, -0.2) is 12.5 Å². The lowest BCUT2D eigenvalue weighted by Gasteiger charge is -2.07. The van der Waals surface area contributed by atoms with E-state index in [-0.39, 0.29) is 5.91 Å². The largest absolute Gasteiger partial charge is 0.493 e. The molecule has 1 heterocycles. The van der Waals surface area contributed by atoms with Crippen LogP contribution in [0.2, 0.25) is 0 Å². The number of rotatable bonds is 3. The van der Waals surface area contributed by atoms with Crippen LogP contribution in [0.4, 0.5) is 11.4 Å². The fourth-order valence-electron chi connectivity index (χ4n) is 2.29. The minimum atomic E-state index is -0.0337. The highest BCUT2D eigenvalue weighted by Crippen LogP contribution is 2.27. The molecule has 0 radical (unpaired) electrons. The summed E-state index contributed by atoms with van der Waals surface area (Å²) in [6.45, 7) is 0.720. The van der Waals surface area contributed by atoms with Crippen LogP contribution in [0.5, 0.6) is 5.75 Å². The van der Waals surface area contributed by atoms with Crippen molar-refractivity contribution in [3.8, 4) is 5.75 Å². The maximum absolute atomic E-state index is 12.0. The van der Waals surface area contributed by atoms with Crippen molar-refractivity contribution < 1.29 is 9.53 Å². The zero-order chi connectivity index (χ0) is 13.9. The number of nitrogens with one attached hydrogen (secondary N) is 1. The summed E-state index contributed by atoms with van der Waals surface area (Å²) >= 11 is 0. The first-order valence-electron chi connectivity index (χ1n) is 6.61. The molecule has 1 aliphatic rings. The Balaban J connectivity index is 1.65. The van der Waals surface area contributed by atoms with E-state index in [1.54, 1.807) is 12.1 Å². The van der Waals surface area contributed by atoms with Crippen molar-refractivity contribution in [3.63, 3.8) is 0 Å². The van der Waals surface area contributed by atoms with Gasteiger partial charge in [0.1, 0.15) is 5.75 Å². The van der Waals surface area contributed by atoms with Crippen molar-refractivity contribution in [2.24, 2.45) is 0 Å². The molecule has 1 amide bonds. The summed E-state index contributed by atoms with van der Waals surface area (Å²) in [6, 6.07) is 13.1. The van der Waals surface area contributed by atoms with Crippen LogP contribution in [0.1, 0.15) is 11.1 Å². The normalized spacial score (nSPS) is 12.6. The van der Waals surface area contributed by atoms with Gasteiger partial charge in [0.2, 0.25) is 5.91 Å². The Morgan fingerprint density at radius 3 is 2.80 bits per heavy atom. The SMILES string of the molecule is Nc1ccc(CC(=O)Nc2ccc3c(c2)CCO3)cc1. The highest BCUT2D eigenvalue weighted by molar-refractivity contribution is 5.92. The zero-order valence-electron chi connectivity index (χ0n) is 11.1. The molecule has 2 aromatic rings. The van der Waals surface area contributed by atoms with Gasteiger partial charge >= 0.3 is 0 Å². The van der Waals surface area contributed by atoms with Crippen molar-refractivity contribution in [3.05, 3.63) is 53.6 Å². The molecule has 0 saturated heterocycles. The quantitative estimate of drug-likeness (QED) is 0.840. The maximum Gasteiger partial charge on any atom is 0.228 e. The first-order chi connectivity index (χ1) is 9.70. The van der Waals surface area contributed by atoms with E-state index in [1.807, 2.05) is 30.3 Å². The maximum atomic E-state index is 12.0. The Hall–Kier alpha value is -2.49. The molecule has 0 spiro atoms. The van der Waals surface area contributed by atoms with E-state index in [4.69, 9.17) is 10.5 Å². The van der Waals surface area contributed by atoms with Crippen LogP contribution in [0, 0.1) is 0 Å². The van der Waals surface area contributed by atoms with E-state index >= 15 is 0 Å². The molecule has 0 unspecified atom stereocenters. The van der Waals surface area contributed by atoms with E-state index in [0.717, 1.165) is 35.6 Å². The third kappa shape index (κ3) is 2.74. The van der Waals surface area contributed by atoms with E-state index in [0.29, 0.717) is 12.1 Å². The van der Waals surface area contributed by atoms with Gasteiger partial charge in [0.15, 0.2) is 0 Å². The molecule has 1 aliphatic heterocycles. The summed E-state index contributed by atoms with van der Waals surface area (Å²) in [5, 5.41) is 2.91. The predicted molar refractivity (Wildman–Crippen MR) is 78.8 cm³/mol. The molecule has 2 aromatic carbocycles. The number of nitrogens with two attached hydrogens (primary N) is 1. The number of nitrogen functional groups attached to an aromatic ring is 1. The Bertz CT molecular complexity index is 635. The van der Waals surface area contributed by atoms with Gasteiger partial charge in [-0.25, -0.2) is 0 Å². The van der Waals surface area contributed by atoms with E-state index in [9.17, 15) is 4.79 Å². The van der Waals surface area contributed by atoms with Gasteiger partial charge < -0.3 is 15.8 Å². The molecular formula is C16H16N2O2. The summed E-state index contributed by atoms with van der Waals surface area (Å²) in [5.74, 6) is 0.884. The molecular weight excluding hydrogens is 252 g/mol. The molecule has 102 valence electrons. The average molecular weight is 268 g/mol. The molecule has 0 bridgehead atoms. The van der Waals surface area contributed by atoms with Crippen LogP contribution >= 0.6 is 0 Å². The molecule has 0 saturated carbocycles. The lowest BCUT2D eigenvalue weighted by atomic mass is 10.1. The lowest BCUT2D eigenvalue weighted by molar-refractivity contribution is -0.115. The van der Waals surface area contributed by atoms with Gasteiger partial charge in [-0.1, -0.05) is 12.1 Å². The zero-order valence-corrected chi connectivity index (χ0v) is 11.1. The number of ether oxygens (including phenoxy) is 1. The van der Waals surface area contributed by atoms with Crippen LogP contribution in [0.15, 0.2) is 42.5 Å². The Morgan fingerprint density at radius 2 is 2.00 bits per heavy atom. The Labute approximate surface area is 117 Å². The molecule has 0 atom stereocenters. The van der Waals surface area contributed by atoms with Gasteiger partial charge in [-0.05, 0) is 41.5 Å². The van der Waals surface area contributed by atoms with Gasteiger partial charge in [0.25, 0.3) is 0 Å². The smallest absolute Gasteiger partial charge is 0.228 e. The average Bonchev–Trinajstić information content (AvgIpc) is 2.89. The van der Waals surface area contributed by atoms with Crippen molar-refractivity contribution in [1.82, 2.24) is 0 Å². The monoisotopic (exact) mass is 268 g/mol. The van der Waals surface area contributed by atoms with Crippen molar-refractivity contribution in [1.29, 1.82) is 0 Å². The van der Waals surface area contributed by atoms with Crippen LogP contribution < -0.4 is 15.8 Å². The minimum absolute atomic E-state index is 0.0337. The molecule has 20 heavy (non-hydrogen) atoms. The summed E-state index contributed by atoms with van der Waals surface area (Å²) in [6.07, 6.45) is 1.24. The van der Waals surface area contributed by atoms with Crippen molar-refractivity contribution in [2.75, 3.05) is 17.7 Å². The Kier molecular flexibility index (Phi) is 3.29. The van der Waals surface area contributed by atoms with Gasteiger partial charge in [-0.2, -0.15) is 0 Å². The summed E-state index contributed by atoms with van der Waals surface area (Å²) in [7, 11) is 0. The third-order valence-corrected chi connectivity index (χ3v) is 3.32. The fourth-order valence-corrected chi connectivity index (χ4v) is 2.29.